The number of hydrogen-bond acceptors (Lipinski definition) is 3. The number of nitrogens with one attached hydrogen (secondary N) is 1. The molecule has 140 valence electrons. The Morgan fingerprint density at radius 2 is 1.73 bits per heavy atom. The predicted octanol–water partition coefficient (Wildman–Crippen LogP) is 3.89. The minimum absolute atomic E-state index is 0.112. The van der Waals surface area contributed by atoms with E-state index in [9.17, 15) is 9.90 Å². The number of carbonyl (C=O) groups is 1. The van der Waals surface area contributed by atoms with Crippen LogP contribution < -0.4 is 10.1 Å². The van der Waals surface area contributed by atoms with E-state index in [0.29, 0.717) is 18.9 Å². The molecule has 2 N–H and O–H groups in total. The second-order valence-electron chi connectivity index (χ2n) is 6.84. The van der Waals surface area contributed by atoms with E-state index in [2.05, 4.69) is 19.2 Å². The second kappa shape index (κ2) is 9.97. The summed E-state index contributed by atoms with van der Waals surface area (Å²) in [7, 11) is 0. The fraction of sp³-hybridized carbons (Fsp3) is 0.409. The number of amides is 1. The van der Waals surface area contributed by atoms with Crippen molar-refractivity contribution >= 4 is 5.91 Å². The number of aliphatic hydroxyl groups excluding tert-OH is 1. The minimum atomic E-state index is -0.693. The van der Waals surface area contributed by atoms with Gasteiger partial charge in [-0.25, -0.2) is 0 Å². The van der Waals surface area contributed by atoms with Crippen LogP contribution in [0.25, 0.3) is 0 Å². The van der Waals surface area contributed by atoms with Gasteiger partial charge in [0.2, 0.25) is 5.91 Å². The molecule has 2 aromatic rings. The van der Waals surface area contributed by atoms with E-state index in [-0.39, 0.29) is 5.91 Å². The van der Waals surface area contributed by atoms with Crippen LogP contribution in [0, 0.1) is 5.92 Å². The summed E-state index contributed by atoms with van der Waals surface area (Å²) in [6.07, 6.45) is 0.678. The summed E-state index contributed by atoms with van der Waals surface area (Å²) in [4.78, 5) is 12.3. The van der Waals surface area contributed by atoms with Crippen LogP contribution in [0.4, 0.5) is 0 Å². The first-order valence-corrected chi connectivity index (χ1v) is 9.23. The number of carbonyl (C=O) groups excluding carboxylic acids is 1. The van der Waals surface area contributed by atoms with E-state index < -0.39 is 12.1 Å². The average molecular weight is 355 g/mol. The Hall–Kier alpha value is -2.33. The summed E-state index contributed by atoms with van der Waals surface area (Å²) < 4.78 is 5.76. The highest BCUT2D eigenvalue weighted by Crippen LogP contribution is 2.21. The van der Waals surface area contributed by atoms with Gasteiger partial charge in [-0.05, 0) is 36.1 Å². The lowest BCUT2D eigenvalue weighted by Crippen LogP contribution is -2.35. The van der Waals surface area contributed by atoms with Crippen molar-refractivity contribution in [1.82, 2.24) is 5.32 Å². The average Bonchev–Trinajstić information content (AvgIpc) is 2.65. The number of rotatable bonds is 9. The van der Waals surface area contributed by atoms with Gasteiger partial charge < -0.3 is 15.2 Å². The Morgan fingerprint density at radius 3 is 2.31 bits per heavy atom. The maximum absolute atomic E-state index is 12.3. The van der Waals surface area contributed by atoms with Crippen LogP contribution in [0.2, 0.25) is 0 Å². The van der Waals surface area contributed by atoms with Crippen molar-refractivity contribution < 1.29 is 14.6 Å². The third kappa shape index (κ3) is 6.19. The van der Waals surface area contributed by atoms with Crippen molar-refractivity contribution in [2.75, 3.05) is 6.61 Å². The number of hydrogen-bond donors (Lipinski definition) is 2. The zero-order chi connectivity index (χ0) is 18.9. The zero-order valence-electron chi connectivity index (χ0n) is 15.8. The monoisotopic (exact) mass is 355 g/mol. The van der Waals surface area contributed by atoms with Gasteiger partial charge in [0.05, 0.1) is 25.2 Å². The smallest absolute Gasteiger partial charge is 0.224 e. The van der Waals surface area contributed by atoms with Crippen LogP contribution in [-0.2, 0) is 11.2 Å². The number of aliphatic hydroxyl groups is 1. The van der Waals surface area contributed by atoms with E-state index in [4.69, 9.17) is 4.74 Å². The van der Waals surface area contributed by atoms with E-state index in [1.807, 2.05) is 54.6 Å². The normalized spacial score (nSPS) is 14.3. The van der Waals surface area contributed by atoms with Crippen molar-refractivity contribution in [3.63, 3.8) is 0 Å². The quantitative estimate of drug-likeness (QED) is 0.717. The fourth-order valence-electron chi connectivity index (χ4n) is 2.62. The molecule has 0 radical (unpaired) electrons. The Bertz CT molecular complexity index is 668. The molecule has 1 amide bonds. The number of benzene rings is 2. The molecular formula is C22H29NO3. The summed E-state index contributed by atoms with van der Waals surface area (Å²) in [5.41, 5.74) is 1.81. The molecule has 0 unspecified atom stereocenters. The van der Waals surface area contributed by atoms with E-state index in [1.165, 1.54) is 0 Å². The molecular weight excluding hydrogens is 326 g/mol. The molecule has 0 fully saturated rings. The topological polar surface area (TPSA) is 58.6 Å². The van der Waals surface area contributed by atoms with Crippen LogP contribution in [0.15, 0.2) is 54.6 Å². The van der Waals surface area contributed by atoms with Gasteiger partial charge in [-0.3, -0.25) is 4.79 Å². The molecule has 4 heteroatoms. The van der Waals surface area contributed by atoms with Gasteiger partial charge in [-0.15, -0.1) is 0 Å². The summed E-state index contributed by atoms with van der Waals surface area (Å²) in [5, 5.41) is 13.0. The van der Waals surface area contributed by atoms with Gasteiger partial charge >= 0.3 is 0 Å². The van der Waals surface area contributed by atoms with E-state index in [0.717, 1.165) is 23.3 Å². The maximum Gasteiger partial charge on any atom is 0.224 e. The largest absolute Gasteiger partial charge is 0.493 e. The van der Waals surface area contributed by atoms with Gasteiger partial charge in [0, 0.05) is 0 Å². The highest BCUT2D eigenvalue weighted by atomic mass is 16.5. The molecule has 3 atom stereocenters. The Kier molecular flexibility index (Phi) is 7.67. The third-order valence-electron chi connectivity index (χ3n) is 4.48. The van der Waals surface area contributed by atoms with Crippen LogP contribution in [-0.4, -0.2) is 23.7 Å². The van der Waals surface area contributed by atoms with Crippen molar-refractivity contribution in [3.05, 3.63) is 65.7 Å². The summed E-state index contributed by atoms with van der Waals surface area (Å²) in [6, 6.07) is 16.7. The molecule has 0 saturated heterocycles. The predicted molar refractivity (Wildman–Crippen MR) is 104 cm³/mol. The first-order chi connectivity index (χ1) is 12.5. The molecule has 0 spiro atoms. The molecule has 4 nitrogen and oxygen atoms in total. The molecule has 0 aliphatic heterocycles. The van der Waals surface area contributed by atoms with Crippen molar-refractivity contribution in [1.29, 1.82) is 0 Å². The Balaban J connectivity index is 1.99. The zero-order valence-corrected chi connectivity index (χ0v) is 15.8. The molecule has 2 aromatic carbocycles. The molecule has 0 aliphatic carbocycles. The molecule has 0 bridgehead atoms. The van der Waals surface area contributed by atoms with Gasteiger partial charge in [0.1, 0.15) is 5.75 Å². The Labute approximate surface area is 156 Å². The highest BCUT2D eigenvalue weighted by Gasteiger charge is 2.20. The van der Waals surface area contributed by atoms with Gasteiger partial charge in [-0.2, -0.15) is 0 Å². The van der Waals surface area contributed by atoms with Gasteiger partial charge in [0.15, 0.2) is 0 Å². The molecule has 2 rings (SSSR count). The molecule has 0 heterocycles. The first-order valence-electron chi connectivity index (χ1n) is 9.23. The molecule has 0 aliphatic rings. The van der Waals surface area contributed by atoms with Gasteiger partial charge in [0.25, 0.3) is 0 Å². The number of ether oxygens (including phenoxy) is 1. The summed E-state index contributed by atoms with van der Waals surface area (Å²) >= 11 is 0. The van der Waals surface area contributed by atoms with Gasteiger partial charge in [-0.1, -0.05) is 62.7 Å². The van der Waals surface area contributed by atoms with Crippen LogP contribution in [0.1, 0.15) is 44.4 Å². The third-order valence-corrected chi connectivity index (χ3v) is 4.48. The van der Waals surface area contributed by atoms with E-state index >= 15 is 0 Å². The van der Waals surface area contributed by atoms with Crippen molar-refractivity contribution in [2.24, 2.45) is 5.92 Å². The van der Waals surface area contributed by atoms with Crippen LogP contribution in [0.5, 0.6) is 5.75 Å². The standard InChI is InChI=1S/C22H29NO3/c1-4-16(2)15-26-20-12-10-19(11-13-20)22(17(3)24)23-21(25)14-18-8-6-5-7-9-18/h5-13,16-17,22,24H,4,14-15H2,1-3H3,(H,23,25)/t16-,17+,22-/m0/s1. The summed E-state index contributed by atoms with van der Waals surface area (Å²) in [6.45, 7) is 6.66. The van der Waals surface area contributed by atoms with Crippen molar-refractivity contribution in [2.45, 2.75) is 45.8 Å². The highest BCUT2D eigenvalue weighted by molar-refractivity contribution is 5.79. The van der Waals surface area contributed by atoms with E-state index in [1.54, 1.807) is 6.92 Å². The lowest BCUT2D eigenvalue weighted by Gasteiger charge is -2.22. The minimum Gasteiger partial charge on any atom is -0.493 e. The lowest BCUT2D eigenvalue weighted by molar-refractivity contribution is -0.122. The van der Waals surface area contributed by atoms with Crippen molar-refractivity contribution in [3.8, 4) is 5.75 Å². The second-order valence-corrected chi connectivity index (χ2v) is 6.84. The maximum atomic E-state index is 12.3. The van der Waals surface area contributed by atoms with Crippen LogP contribution >= 0.6 is 0 Å². The molecule has 26 heavy (non-hydrogen) atoms. The SMILES string of the molecule is CC[C@H](C)COc1ccc([C@@H](NC(=O)Cc2ccccc2)[C@@H](C)O)cc1. The fourth-order valence-corrected chi connectivity index (χ4v) is 2.62. The summed E-state index contributed by atoms with van der Waals surface area (Å²) in [5.74, 6) is 1.20. The lowest BCUT2D eigenvalue weighted by atomic mass is 10.0. The first kappa shape index (κ1) is 20.0. The van der Waals surface area contributed by atoms with Crippen LogP contribution in [0.3, 0.4) is 0 Å². The molecule has 0 saturated carbocycles. The Morgan fingerprint density at radius 1 is 1.08 bits per heavy atom. The molecule has 0 aromatic heterocycles.